The average Bonchev–Trinajstić information content (AvgIpc) is 3.23. The van der Waals surface area contributed by atoms with Crippen molar-refractivity contribution in [1.82, 2.24) is 4.98 Å². The van der Waals surface area contributed by atoms with Crippen molar-refractivity contribution < 1.29 is 18.7 Å². The number of ether oxygens (including phenoxy) is 2. The summed E-state index contributed by atoms with van der Waals surface area (Å²) in [6.45, 7) is -0.0777. The van der Waals surface area contributed by atoms with Gasteiger partial charge in [-0.15, -0.1) is 22.7 Å². The third kappa shape index (κ3) is 3.57. The van der Waals surface area contributed by atoms with E-state index in [9.17, 15) is 9.18 Å². The van der Waals surface area contributed by atoms with E-state index in [1.165, 1.54) is 36.6 Å². The number of esters is 1. The largest absolute Gasteiger partial charge is 0.496 e. The Bertz CT molecular complexity index is 815. The maximum absolute atomic E-state index is 13.3. The van der Waals surface area contributed by atoms with Crippen LogP contribution in [0.5, 0.6) is 5.75 Å². The van der Waals surface area contributed by atoms with E-state index in [4.69, 9.17) is 9.47 Å². The molecule has 0 aliphatic carbocycles. The average molecular weight is 349 g/mol. The van der Waals surface area contributed by atoms with Crippen molar-refractivity contribution >= 4 is 28.6 Å². The number of methoxy groups -OCH3 is 1. The Morgan fingerprint density at radius 3 is 2.91 bits per heavy atom. The van der Waals surface area contributed by atoms with Crippen LogP contribution in [0.4, 0.5) is 4.39 Å². The molecule has 0 saturated heterocycles. The second kappa shape index (κ2) is 6.89. The molecule has 3 aromatic rings. The van der Waals surface area contributed by atoms with Crippen LogP contribution < -0.4 is 4.74 Å². The lowest BCUT2D eigenvalue weighted by atomic mass is 10.2. The number of halogens is 1. The number of thiophene rings is 1. The Hall–Kier alpha value is -2.25. The first-order valence-electron chi connectivity index (χ1n) is 6.66. The number of carbonyl (C=O) groups is 1. The van der Waals surface area contributed by atoms with Crippen LogP contribution >= 0.6 is 22.7 Å². The number of hydrogen-bond donors (Lipinski definition) is 0. The van der Waals surface area contributed by atoms with Gasteiger partial charge in [0.2, 0.25) is 0 Å². The van der Waals surface area contributed by atoms with E-state index >= 15 is 0 Å². The fraction of sp³-hybridized carbons (Fsp3) is 0.125. The Balaban J connectivity index is 1.69. The van der Waals surface area contributed by atoms with Gasteiger partial charge in [-0.3, -0.25) is 0 Å². The molecule has 0 fully saturated rings. The normalized spacial score (nSPS) is 10.5. The summed E-state index contributed by atoms with van der Waals surface area (Å²) in [5, 5.41) is 4.38. The smallest absolute Gasteiger partial charge is 0.358 e. The molecular formula is C16H12FNO3S2. The molecule has 0 N–H and O–H groups in total. The van der Waals surface area contributed by atoms with Crippen LogP contribution in [0.2, 0.25) is 0 Å². The van der Waals surface area contributed by atoms with E-state index in [1.54, 1.807) is 16.7 Å². The number of aromatic nitrogens is 1. The van der Waals surface area contributed by atoms with Crippen LogP contribution in [-0.4, -0.2) is 18.1 Å². The zero-order valence-electron chi connectivity index (χ0n) is 12.1. The Morgan fingerprint density at radius 1 is 1.30 bits per heavy atom. The van der Waals surface area contributed by atoms with Crippen LogP contribution in [0.3, 0.4) is 0 Å². The maximum atomic E-state index is 13.3. The number of hydrogen-bond acceptors (Lipinski definition) is 6. The molecule has 0 amide bonds. The van der Waals surface area contributed by atoms with Crippen molar-refractivity contribution in [2.45, 2.75) is 6.61 Å². The molecule has 3 rings (SSSR count). The molecule has 1 aromatic carbocycles. The molecule has 2 aromatic heterocycles. The van der Waals surface area contributed by atoms with E-state index in [-0.39, 0.29) is 12.3 Å². The molecule has 2 heterocycles. The van der Waals surface area contributed by atoms with Crippen LogP contribution in [0.25, 0.3) is 9.88 Å². The SMILES string of the molecule is COc1ccc(F)cc1COC(=O)c1csc(-c2cccs2)n1. The van der Waals surface area contributed by atoms with Gasteiger partial charge in [-0.25, -0.2) is 14.2 Å². The van der Waals surface area contributed by atoms with Crippen molar-refractivity contribution in [3.63, 3.8) is 0 Å². The summed E-state index contributed by atoms with van der Waals surface area (Å²) in [7, 11) is 1.48. The van der Waals surface area contributed by atoms with E-state index in [0.717, 1.165) is 9.88 Å². The number of thiazole rings is 1. The van der Waals surface area contributed by atoms with Gasteiger partial charge in [-0.05, 0) is 29.6 Å². The number of rotatable bonds is 5. The Labute approximate surface area is 140 Å². The molecule has 0 aliphatic heterocycles. The number of nitrogens with zero attached hydrogens (tertiary/aromatic N) is 1. The van der Waals surface area contributed by atoms with E-state index in [0.29, 0.717) is 11.3 Å². The summed E-state index contributed by atoms with van der Waals surface area (Å²) in [5.41, 5.74) is 0.711. The Kier molecular flexibility index (Phi) is 4.68. The third-order valence-corrected chi connectivity index (χ3v) is 4.93. The minimum atomic E-state index is -0.546. The molecule has 4 nitrogen and oxygen atoms in total. The first-order valence-corrected chi connectivity index (χ1v) is 8.42. The van der Waals surface area contributed by atoms with Gasteiger partial charge in [0.05, 0.1) is 12.0 Å². The molecule has 118 valence electrons. The summed E-state index contributed by atoms with van der Waals surface area (Å²) in [6.07, 6.45) is 0. The van der Waals surface area contributed by atoms with Gasteiger partial charge >= 0.3 is 5.97 Å². The van der Waals surface area contributed by atoms with Gasteiger partial charge in [0.1, 0.15) is 23.2 Å². The van der Waals surface area contributed by atoms with E-state index < -0.39 is 11.8 Å². The first kappa shape index (κ1) is 15.6. The molecule has 0 aliphatic rings. The lowest BCUT2D eigenvalue weighted by Gasteiger charge is -2.08. The van der Waals surface area contributed by atoms with E-state index in [1.807, 2.05) is 17.5 Å². The summed E-state index contributed by atoms with van der Waals surface area (Å²) in [5.74, 6) is -0.488. The molecule has 0 bridgehead atoms. The number of carbonyl (C=O) groups excluding carboxylic acids is 1. The van der Waals surface area contributed by atoms with Crippen LogP contribution in [0, 0.1) is 5.82 Å². The second-order valence-corrected chi connectivity index (χ2v) is 6.35. The molecule has 7 heteroatoms. The fourth-order valence-corrected chi connectivity index (χ4v) is 3.56. The highest BCUT2D eigenvalue weighted by Crippen LogP contribution is 2.28. The summed E-state index contributed by atoms with van der Waals surface area (Å²) < 4.78 is 23.6. The lowest BCUT2D eigenvalue weighted by Crippen LogP contribution is -2.06. The van der Waals surface area contributed by atoms with Crippen molar-refractivity contribution in [1.29, 1.82) is 0 Å². The summed E-state index contributed by atoms with van der Waals surface area (Å²) in [6, 6.07) is 7.93. The van der Waals surface area contributed by atoms with Gasteiger partial charge in [-0.1, -0.05) is 6.07 Å². The molecular weight excluding hydrogens is 337 g/mol. The predicted octanol–water partition coefficient (Wildman–Crippen LogP) is 4.38. The highest BCUT2D eigenvalue weighted by molar-refractivity contribution is 7.20. The van der Waals surface area contributed by atoms with Gasteiger partial charge < -0.3 is 9.47 Å². The van der Waals surface area contributed by atoms with Gasteiger partial charge in [0, 0.05) is 10.9 Å². The maximum Gasteiger partial charge on any atom is 0.358 e. The summed E-state index contributed by atoms with van der Waals surface area (Å²) in [4.78, 5) is 17.4. The van der Waals surface area contributed by atoms with Crippen molar-refractivity contribution in [2.75, 3.05) is 7.11 Å². The highest BCUT2D eigenvalue weighted by Gasteiger charge is 2.15. The predicted molar refractivity (Wildman–Crippen MR) is 87.5 cm³/mol. The zero-order valence-corrected chi connectivity index (χ0v) is 13.7. The second-order valence-electron chi connectivity index (χ2n) is 4.55. The van der Waals surface area contributed by atoms with Crippen molar-refractivity contribution in [3.05, 3.63) is 58.2 Å². The lowest BCUT2D eigenvalue weighted by molar-refractivity contribution is 0.0464. The highest BCUT2D eigenvalue weighted by atomic mass is 32.1. The topological polar surface area (TPSA) is 48.4 Å². The van der Waals surface area contributed by atoms with Gasteiger partial charge in [0.25, 0.3) is 0 Å². The quantitative estimate of drug-likeness (QED) is 0.642. The van der Waals surface area contributed by atoms with Gasteiger partial charge in [-0.2, -0.15) is 0 Å². The molecule has 0 radical (unpaired) electrons. The Morgan fingerprint density at radius 2 is 2.17 bits per heavy atom. The minimum absolute atomic E-state index is 0.0777. The van der Waals surface area contributed by atoms with Crippen molar-refractivity contribution in [2.24, 2.45) is 0 Å². The van der Waals surface area contributed by atoms with Crippen LogP contribution in [0.1, 0.15) is 16.1 Å². The number of benzene rings is 1. The first-order chi connectivity index (χ1) is 11.2. The molecule has 0 unspecified atom stereocenters. The third-order valence-electron chi connectivity index (χ3n) is 3.05. The fourth-order valence-electron chi connectivity index (χ4n) is 1.96. The van der Waals surface area contributed by atoms with Crippen LogP contribution in [-0.2, 0) is 11.3 Å². The molecule has 23 heavy (non-hydrogen) atoms. The minimum Gasteiger partial charge on any atom is -0.496 e. The van der Waals surface area contributed by atoms with E-state index in [2.05, 4.69) is 4.98 Å². The van der Waals surface area contributed by atoms with Gasteiger partial charge in [0.15, 0.2) is 5.69 Å². The standard InChI is InChI=1S/C16H12FNO3S2/c1-20-13-5-4-11(17)7-10(13)8-21-16(19)12-9-23-15(18-12)14-3-2-6-22-14/h2-7,9H,8H2,1H3. The van der Waals surface area contributed by atoms with Crippen LogP contribution in [0.15, 0.2) is 41.1 Å². The monoisotopic (exact) mass is 349 g/mol. The summed E-state index contributed by atoms with van der Waals surface area (Å²) >= 11 is 2.94. The van der Waals surface area contributed by atoms with Crippen molar-refractivity contribution in [3.8, 4) is 15.6 Å². The molecule has 0 saturated carbocycles. The molecule has 0 spiro atoms. The molecule has 0 atom stereocenters. The zero-order chi connectivity index (χ0) is 16.2.